The van der Waals surface area contributed by atoms with Crippen molar-refractivity contribution < 1.29 is 23.8 Å². The molecule has 2 amide bonds. The van der Waals surface area contributed by atoms with Crippen molar-refractivity contribution in [3.05, 3.63) is 80.5 Å². The first-order valence-electron chi connectivity index (χ1n) is 10.8. The van der Waals surface area contributed by atoms with Crippen LogP contribution in [0.25, 0.3) is 0 Å². The molecule has 7 nitrogen and oxygen atoms in total. The van der Waals surface area contributed by atoms with E-state index < -0.39 is 0 Å². The van der Waals surface area contributed by atoms with Crippen LogP contribution in [-0.4, -0.2) is 55.2 Å². The summed E-state index contributed by atoms with van der Waals surface area (Å²) < 4.78 is 17.0. The number of ether oxygens (including phenoxy) is 3. The highest BCUT2D eigenvalue weighted by molar-refractivity contribution is 9.10. The first kappa shape index (κ1) is 24.3. The highest BCUT2D eigenvalue weighted by Gasteiger charge is 2.24. The predicted octanol–water partition coefficient (Wildman–Crippen LogP) is 4.56. The number of methoxy groups -OCH3 is 1. The number of carbonyl (C=O) groups is 2. The van der Waals surface area contributed by atoms with Crippen LogP contribution in [0.2, 0.25) is 0 Å². The molecule has 0 radical (unpaired) electrons. The SMILES string of the molecule is COCCN(CC(=O)N(Cc1ccc2c(c1)OCO2)Cc1cccs1)C(=O)c1ccc(Br)cc1. The van der Waals surface area contributed by atoms with Gasteiger partial charge in [0, 0.05) is 35.1 Å². The molecule has 0 aliphatic carbocycles. The van der Waals surface area contributed by atoms with Gasteiger partial charge in [-0.2, -0.15) is 0 Å². The van der Waals surface area contributed by atoms with Crippen molar-refractivity contribution in [3.63, 3.8) is 0 Å². The molecule has 1 aliphatic heterocycles. The van der Waals surface area contributed by atoms with Crippen molar-refractivity contribution in [2.45, 2.75) is 13.1 Å². The van der Waals surface area contributed by atoms with Crippen LogP contribution in [0.4, 0.5) is 0 Å². The normalized spacial score (nSPS) is 11.9. The molecule has 34 heavy (non-hydrogen) atoms. The van der Waals surface area contributed by atoms with E-state index in [4.69, 9.17) is 14.2 Å². The van der Waals surface area contributed by atoms with Gasteiger partial charge >= 0.3 is 0 Å². The molecule has 0 bridgehead atoms. The molecule has 0 spiro atoms. The van der Waals surface area contributed by atoms with Gasteiger partial charge in [-0.15, -0.1) is 11.3 Å². The van der Waals surface area contributed by atoms with Crippen LogP contribution in [0.1, 0.15) is 20.8 Å². The minimum atomic E-state index is -0.211. The molecule has 3 aromatic rings. The maximum atomic E-state index is 13.5. The molecule has 0 saturated heterocycles. The number of rotatable bonds is 10. The fourth-order valence-electron chi connectivity index (χ4n) is 3.57. The van der Waals surface area contributed by atoms with Crippen LogP contribution in [0.3, 0.4) is 0 Å². The number of carbonyl (C=O) groups excluding carboxylic acids is 2. The maximum Gasteiger partial charge on any atom is 0.254 e. The number of halogens is 1. The Hall–Kier alpha value is -2.88. The highest BCUT2D eigenvalue weighted by Crippen LogP contribution is 2.33. The molecule has 0 unspecified atom stereocenters. The number of fused-ring (bicyclic) bond motifs is 1. The van der Waals surface area contributed by atoms with Crippen molar-refractivity contribution >= 4 is 39.1 Å². The zero-order chi connectivity index (χ0) is 23.9. The second kappa shape index (κ2) is 11.5. The van der Waals surface area contributed by atoms with Crippen molar-refractivity contribution in [1.29, 1.82) is 0 Å². The number of thiophene rings is 1. The van der Waals surface area contributed by atoms with E-state index in [1.165, 1.54) is 4.90 Å². The second-order valence-corrected chi connectivity index (χ2v) is 9.69. The Labute approximate surface area is 211 Å². The first-order valence-corrected chi connectivity index (χ1v) is 12.4. The topological polar surface area (TPSA) is 68.3 Å². The molecule has 0 N–H and O–H groups in total. The molecule has 4 rings (SSSR count). The molecular formula is C25H25BrN2O5S. The van der Waals surface area contributed by atoms with Crippen LogP contribution in [0.15, 0.2) is 64.5 Å². The number of hydrogen-bond acceptors (Lipinski definition) is 6. The van der Waals surface area contributed by atoms with E-state index in [1.807, 2.05) is 47.8 Å². The van der Waals surface area contributed by atoms with Gasteiger partial charge in [0.1, 0.15) is 6.54 Å². The van der Waals surface area contributed by atoms with E-state index >= 15 is 0 Å². The van der Waals surface area contributed by atoms with Gasteiger partial charge < -0.3 is 24.0 Å². The Kier molecular flexibility index (Phi) is 8.21. The Morgan fingerprint density at radius 2 is 1.82 bits per heavy atom. The lowest BCUT2D eigenvalue weighted by atomic mass is 10.1. The van der Waals surface area contributed by atoms with E-state index in [2.05, 4.69) is 15.9 Å². The Balaban J connectivity index is 1.53. The molecule has 1 aromatic heterocycles. The smallest absolute Gasteiger partial charge is 0.254 e. The summed E-state index contributed by atoms with van der Waals surface area (Å²) in [5.41, 5.74) is 1.45. The molecule has 178 valence electrons. The van der Waals surface area contributed by atoms with Crippen LogP contribution in [0.5, 0.6) is 11.5 Å². The summed E-state index contributed by atoms with van der Waals surface area (Å²) in [5, 5.41) is 1.99. The van der Waals surface area contributed by atoms with E-state index in [9.17, 15) is 9.59 Å². The van der Waals surface area contributed by atoms with Crippen LogP contribution >= 0.6 is 27.3 Å². The average Bonchev–Trinajstić information content (AvgIpc) is 3.53. The number of nitrogens with zero attached hydrogens (tertiary/aromatic N) is 2. The van der Waals surface area contributed by atoms with Gasteiger partial charge in [0.05, 0.1) is 13.2 Å². The minimum Gasteiger partial charge on any atom is -0.454 e. The number of amides is 2. The van der Waals surface area contributed by atoms with Gasteiger partial charge in [0.2, 0.25) is 12.7 Å². The lowest BCUT2D eigenvalue weighted by Crippen LogP contribution is -2.43. The molecule has 2 heterocycles. The molecular weight excluding hydrogens is 520 g/mol. The third-order valence-corrected chi connectivity index (χ3v) is 6.75. The molecule has 0 atom stereocenters. The summed E-state index contributed by atoms with van der Waals surface area (Å²) >= 11 is 4.98. The molecule has 0 saturated carbocycles. The van der Waals surface area contributed by atoms with Crippen molar-refractivity contribution in [2.75, 3.05) is 33.6 Å². The minimum absolute atomic E-state index is 0.0474. The van der Waals surface area contributed by atoms with Crippen LogP contribution in [-0.2, 0) is 22.6 Å². The fraction of sp³-hybridized carbons (Fsp3) is 0.280. The summed E-state index contributed by atoms with van der Waals surface area (Å²) in [6.07, 6.45) is 0. The number of hydrogen-bond donors (Lipinski definition) is 0. The van der Waals surface area contributed by atoms with Crippen molar-refractivity contribution in [1.82, 2.24) is 9.80 Å². The Morgan fingerprint density at radius 1 is 1.03 bits per heavy atom. The standard InChI is InChI=1S/C25H25BrN2O5S/c1-31-11-10-27(25(30)19-5-7-20(26)8-6-19)16-24(29)28(15-21-3-2-12-34-21)14-18-4-9-22-23(13-18)33-17-32-22/h2-9,12-13H,10-11,14-17H2,1H3. The van der Waals surface area contributed by atoms with Gasteiger partial charge in [0.25, 0.3) is 5.91 Å². The van der Waals surface area contributed by atoms with E-state index in [0.717, 1.165) is 14.9 Å². The fourth-order valence-corrected chi connectivity index (χ4v) is 4.56. The monoisotopic (exact) mass is 544 g/mol. The average molecular weight is 545 g/mol. The van der Waals surface area contributed by atoms with Crippen LogP contribution < -0.4 is 9.47 Å². The molecule has 1 aliphatic rings. The van der Waals surface area contributed by atoms with Gasteiger partial charge in [-0.3, -0.25) is 9.59 Å². The molecule has 2 aromatic carbocycles. The summed E-state index contributed by atoms with van der Waals surface area (Å²) in [6, 6.07) is 16.8. The lowest BCUT2D eigenvalue weighted by molar-refractivity contribution is -0.133. The zero-order valence-corrected chi connectivity index (χ0v) is 21.1. The maximum absolute atomic E-state index is 13.5. The Morgan fingerprint density at radius 3 is 2.56 bits per heavy atom. The van der Waals surface area contributed by atoms with E-state index in [0.29, 0.717) is 43.3 Å². The van der Waals surface area contributed by atoms with Crippen LogP contribution in [0, 0.1) is 0 Å². The quantitative estimate of drug-likeness (QED) is 0.374. The first-order chi connectivity index (χ1) is 16.5. The second-order valence-electron chi connectivity index (χ2n) is 7.74. The van der Waals surface area contributed by atoms with Gasteiger partial charge in [-0.05, 0) is 53.4 Å². The summed E-state index contributed by atoms with van der Waals surface area (Å²) in [7, 11) is 1.58. The summed E-state index contributed by atoms with van der Waals surface area (Å²) in [6.45, 7) is 1.64. The molecule has 9 heteroatoms. The van der Waals surface area contributed by atoms with Crippen molar-refractivity contribution in [2.24, 2.45) is 0 Å². The number of benzene rings is 2. The highest BCUT2D eigenvalue weighted by atomic mass is 79.9. The van der Waals surface area contributed by atoms with Gasteiger partial charge in [-0.1, -0.05) is 28.1 Å². The van der Waals surface area contributed by atoms with Gasteiger partial charge in [-0.25, -0.2) is 0 Å². The third kappa shape index (κ3) is 6.16. The summed E-state index contributed by atoms with van der Waals surface area (Å²) in [4.78, 5) is 31.0. The third-order valence-electron chi connectivity index (χ3n) is 5.36. The van der Waals surface area contributed by atoms with Crippen molar-refractivity contribution in [3.8, 4) is 11.5 Å². The molecule has 0 fully saturated rings. The lowest BCUT2D eigenvalue weighted by Gasteiger charge is -2.27. The zero-order valence-electron chi connectivity index (χ0n) is 18.7. The van der Waals surface area contributed by atoms with Gasteiger partial charge in [0.15, 0.2) is 11.5 Å². The van der Waals surface area contributed by atoms with E-state index in [-0.39, 0.29) is 25.2 Å². The Bertz CT molecular complexity index is 1120. The largest absolute Gasteiger partial charge is 0.454 e. The van der Waals surface area contributed by atoms with E-state index in [1.54, 1.807) is 35.5 Å². The summed E-state index contributed by atoms with van der Waals surface area (Å²) in [5.74, 6) is 1.02. The predicted molar refractivity (Wildman–Crippen MR) is 133 cm³/mol.